The van der Waals surface area contributed by atoms with Crippen molar-refractivity contribution in [1.29, 1.82) is 5.26 Å². The van der Waals surface area contributed by atoms with Crippen LogP contribution < -0.4 is 20.7 Å². The molecular weight excluding hydrogens is 466 g/mol. The largest absolute Gasteiger partial charge is 0.457 e. The maximum absolute atomic E-state index is 12.1. The average Bonchev–Trinajstić information content (AvgIpc) is 2.88. The topological polar surface area (TPSA) is 121 Å². The number of nitrogens with zero attached hydrogens (tertiary/aromatic N) is 3. The molecular formula is C26H22ClN5O3. The SMILES string of the molecule is N#Cc1ccc(Oc2ccc(-c3nc(N4CCNCC4)ccc3C(N)=O)cc2)c(/C=C/C(=O)Cl)c1. The lowest BCUT2D eigenvalue weighted by atomic mass is 10.0. The van der Waals surface area contributed by atoms with E-state index >= 15 is 0 Å². The van der Waals surface area contributed by atoms with E-state index in [0.717, 1.165) is 37.6 Å². The first-order chi connectivity index (χ1) is 16.9. The molecule has 0 bridgehead atoms. The maximum atomic E-state index is 12.1. The van der Waals surface area contributed by atoms with Crippen LogP contribution in [0.3, 0.4) is 0 Å². The second-order valence-corrected chi connectivity index (χ2v) is 8.17. The van der Waals surface area contributed by atoms with Gasteiger partial charge in [0.2, 0.25) is 5.24 Å². The number of halogens is 1. The summed E-state index contributed by atoms with van der Waals surface area (Å²) in [6, 6.07) is 17.5. The zero-order valence-electron chi connectivity index (χ0n) is 18.7. The lowest BCUT2D eigenvalue weighted by Gasteiger charge is -2.29. The van der Waals surface area contributed by atoms with E-state index in [-0.39, 0.29) is 0 Å². The fourth-order valence-electron chi connectivity index (χ4n) is 3.74. The lowest BCUT2D eigenvalue weighted by molar-refractivity contribution is -0.107. The predicted molar refractivity (Wildman–Crippen MR) is 134 cm³/mol. The van der Waals surface area contributed by atoms with Crippen molar-refractivity contribution in [3.05, 3.63) is 77.4 Å². The van der Waals surface area contributed by atoms with Gasteiger partial charge in [-0.1, -0.05) is 0 Å². The van der Waals surface area contributed by atoms with Gasteiger partial charge >= 0.3 is 0 Å². The van der Waals surface area contributed by atoms with Crippen molar-refractivity contribution in [2.45, 2.75) is 0 Å². The molecule has 0 saturated carbocycles. The van der Waals surface area contributed by atoms with Crippen LogP contribution in [0.4, 0.5) is 5.82 Å². The van der Waals surface area contributed by atoms with Crippen LogP contribution in [0, 0.1) is 11.3 Å². The van der Waals surface area contributed by atoms with E-state index in [2.05, 4.69) is 16.3 Å². The number of hydrogen-bond acceptors (Lipinski definition) is 7. The Bertz CT molecular complexity index is 1330. The Hall–Kier alpha value is -4.19. The molecule has 0 spiro atoms. The lowest BCUT2D eigenvalue weighted by Crippen LogP contribution is -2.44. The highest BCUT2D eigenvalue weighted by Crippen LogP contribution is 2.31. The molecule has 8 nitrogen and oxygen atoms in total. The third-order valence-corrected chi connectivity index (χ3v) is 5.60. The van der Waals surface area contributed by atoms with E-state index in [1.54, 1.807) is 48.5 Å². The molecule has 176 valence electrons. The van der Waals surface area contributed by atoms with Gasteiger partial charge < -0.3 is 20.7 Å². The standard InChI is InChI=1S/C26H22ClN5O3/c27-23(33)9-4-19-15-17(16-28)1-8-22(19)35-20-5-2-18(3-6-20)25-21(26(29)34)7-10-24(31-25)32-13-11-30-12-14-32/h1-10,15,30H,11-14H2,(H2,29,34)/b9-4+. The number of allylic oxidation sites excluding steroid dienone is 1. The molecule has 35 heavy (non-hydrogen) atoms. The van der Waals surface area contributed by atoms with E-state index in [4.69, 9.17) is 27.1 Å². The van der Waals surface area contributed by atoms with E-state index in [9.17, 15) is 14.9 Å². The zero-order valence-corrected chi connectivity index (χ0v) is 19.5. The van der Waals surface area contributed by atoms with Crippen molar-refractivity contribution in [3.8, 4) is 28.8 Å². The summed E-state index contributed by atoms with van der Waals surface area (Å²) in [5.74, 6) is 1.20. The molecule has 3 aromatic rings. The van der Waals surface area contributed by atoms with Gasteiger partial charge in [0.15, 0.2) is 0 Å². The van der Waals surface area contributed by atoms with E-state index in [1.807, 2.05) is 6.07 Å². The number of rotatable bonds is 7. The second kappa shape index (κ2) is 10.8. The molecule has 4 rings (SSSR count). The first kappa shape index (κ1) is 24.0. The highest BCUT2D eigenvalue weighted by molar-refractivity contribution is 6.66. The zero-order chi connectivity index (χ0) is 24.8. The minimum atomic E-state index is -0.636. The smallest absolute Gasteiger partial charge is 0.250 e. The Morgan fingerprint density at radius 3 is 2.51 bits per heavy atom. The fourth-order valence-corrected chi connectivity index (χ4v) is 3.81. The summed E-state index contributed by atoms with van der Waals surface area (Å²) in [7, 11) is 0. The minimum absolute atomic E-state index is 0.336. The molecule has 1 aliphatic heterocycles. The maximum Gasteiger partial charge on any atom is 0.250 e. The Balaban J connectivity index is 1.63. The van der Waals surface area contributed by atoms with Crippen molar-refractivity contribution in [2.24, 2.45) is 5.73 Å². The van der Waals surface area contributed by atoms with E-state index in [1.165, 1.54) is 12.2 Å². The quantitative estimate of drug-likeness (QED) is 0.385. The fraction of sp³-hybridized carbons (Fsp3) is 0.154. The van der Waals surface area contributed by atoms with Crippen molar-refractivity contribution >= 4 is 34.6 Å². The average molecular weight is 488 g/mol. The van der Waals surface area contributed by atoms with Crippen molar-refractivity contribution in [3.63, 3.8) is 0 Å². The first-order valence-corrected chi connectivity index (χ1v) is 11.3. The normalized spacial score (nSPS) is 13.4. The molecule has 9 heteroatoms. The summed E-state index contributed by atoms with van der Waals surface area (Å²) < 4.78 is 5.99. The molecule has 1 aliphatic rings. The van der Waals surface area contributed by atoms with Gasteiger partial charge in [0.1, 0.15) is 17.3 Å². The van der Waals surface area contributed by atoms with E-state index in [0.29, 0.717) is 33.9 Å². The molecule has 0 radical (unpaired) electrons. The number of nitrogens with two attached hydrogens (primary N) is 1. The molecule has 0 aliphatic carbocycles. The number of carbonyl (C=O) groups is 2. The number of amides is 1. The number of nitrogens with one attached hydrogen (secondary N) is 1. The van der Waals surface area contributed by atoms with Gasteiger partial charge in [0.05, 0.1) is 22.9 Å². The van der Waals surface area contributed by atoms with Crippen molar-refractivity contribution < 1.29 is 14.3 Å². The number of anilines is 1. The second-order valence-electron chi connectivity index (χ2n) is 7.80. The predicted octanol–water partition coefficient (Wildman–Crippen LogP) is 3.70. The summed E-state index contributed by atoms with van der Waals surface area (Å²) in [6.45, 7) is 3.38. The van der Waals surface area contributed by atoms with Crippen LogP contribution in [0.15, 0.2) is 60.7 Å². The molecule has 1 saturated heterocycles. The molecule has 1 aromatic heterocycles. The number of carbonyl (C=O) groups excluding carboxylic acids is 2. The van der Waals surface area contributed by atoms with Gasteiger partial charge in [-0.25, -0.2) is 4.98 Å². The Kier molecular flexibility index (Phi) is 7.41. The number of nitriles is 1. The van der Waals surface area contributed by atoms with Crippen LogP contribution in [0.25, 0.3) is 17.3 Å². The number of primary amides is 1. The Morgan fingerprint density at radius 2 is 1.86 bits per heavy atom. The first-order valence-electron chi connectivity index (χ1n) is 10.9. The number of pyridine rings is 1. The monoisotopic (exact) mass is 487 g/mol. The molecule has 0 unspecified atom stereocenters. The molecule has 1 fully saturated rings. The molecule has 2 aromatic carbocycles. The summed E-state index contributed by atoms with van der Waals surface area (Å²) in [5.41, 5.74) is 8.12. The third kappa shape index (κ3) is 5.84. The highest BCUT2D eigenvalue weighted by Gasteiger charge is 2.17. The number of benzene rings is 2. The van der Waals surface area contributed by atoms with Crippen molar-refractivity contribution in [1.82, 2.24) is 10.3 Å². The van der Waals surface area contributed by atoms with Crippen LogP contribution in [0.5, 0.6) is 11.5 Å². The van der Waals surface area contributed by atoms with Gasteiger partial charge in [-0.15, -0.1) is 0 Å². The number of ether oxygens (including phenoxy) is 1. The van der Waals surface area contributed by atoms with Gasteiger partial charge in [0, 0.05) is 37.3 Å². The highest BCUT2D eigenvalue weighted by atomic mass is 35.5. The van der Waals surface area contributed by atoms with Crippen LogP contribution >= 0.6 is 11.6 Å². The summed E-state index contributed by atoms with van der Waals surface area (Å²) in [5, 5.41) is 11.8. The Labute approximate surface area is 207 Å². The van der Waals surface area contributed by atoms with Gasteiger partial charge in [-0.3, -0.25) is 9.59 Å². The number of hydrogen-bond donors (Lipinski definition) is 2. The summed E-state index contributed by atoms with van der Waals surface area (Å²) in [4.78, 5) is 30.1. The summed E-state index contributed by atoms with van der Waals surface area (Å²) >= 11 is 5.41. The van der Waals surface area contributed by atoms with Gasteiger partial charge in [-0.2, -0.15) is 5.26 Å². The minimum Gasteiger partial charge on any atom is -0.457 e. The van der Waals surface area contributed by atoms with Crippen LogP contribution in [0.1, 0.15) is 21.5 Å². The molecule has 2 heterocycles. The number of aromatic nitrogens is 1. The van der Waals surface area contributed by atoms with Crippen LogP contribution in [-0.2, 0) is 4.79 Å². The molecule has 1 amide bonds. The Morgan fingerprint density at radius 1 is 1.11 bits per heavy atom. The molecule has 0 atom stereocenters. The summed E-state index contributed by atoms with van der Waals surface area (Å²) in [6.07, 6.45) is 2.68. The van der Waals surface area contributed by atoms with Gasteiger partial charge in [-0.05, 0) is 78.4 Å². The van der Waals surface area contributed by atoms with Crippen LogP contribution in [0.2, 0.25) is 0 Å². The van der Waals surface area contributed by atoms with Crippen molar-refractivity contribution in [2.75, 3.05) is 31.1 Å². The van der Waals surface area contributed by atoms with Gasteiger partial charge in [0.25, 0.3) is 5.91 Å². The number of piperazine rings is 1. The van der Waals surface area contributed by atoms with E-state index < -0.39 is 11.1 Å². The molecule has 3 N–H and O–H groups in total. The van der Waals surface area contributed by atoms with Crippen LogP contribution in [-0.4, -0.2) is 42.3 Å². The third-order valence-electron chi connectivity index (χ3n) is 5.48.